The van der Waals surface area contributed by atoms with Gasteiger partial charge in [-0.25, -0.2) is 4.39 Å². The Bertz CT molecular complexity index is 596. The zero-order chi connectivity index (χ0) is 14.7. The molecule has 0 saturated carbocycles. The summed E-state index contributed by atoms with van der Waals surface area (Å²) in [5, 5.41) is 29.3. The molecule has 2 rings (SSSR count). The van der Waals surface area contributed by atoms with Crippen molar-refractivity contribution in [2.24, 2.45) is 0 Å². The third kappa shape index (κ3) is 3.00. The Labute approximate surface area is 115 Å². The average Bonchev–Trinajstić information content (AvgIpc) is 2.44. The van der Waals surface area contributed by atoms with Crippen molar-refractivity contribution in [2.75, 3.05) is 6.61 Å². The topological polar surface area (TPSA) is 69.9 Å². The van der Waals surface area contributed by atoms with E-state index in [-0.39, 0.29) is 29.5 Å². The molecule has 20 heavy (non-hydrogen) atoms. The van der Waals surface area contributed by atoms with Crippen LogP contribution in [-0.4, -0.2) is 21.9 Å². The summed E-state index contributed by atoms with van der Waals surface area (Å²) in [6, 6.07) is 8.23. The van der Waals surface area contributed by atoms with E-state index in [0.29, 0.717) is 11.3 Å². The van der Waals surface area contributed by atoms with Crippen molar-refractivity contribution < 1.29 is 24.4 Å². The first kappa shape index (κ1) is 14.1. The molecule has 2 aromatic carbocycles. The number of benzene rings is 2. The molecule has 4 nitrogen and oxygen atoms in total. The Kier molecular flexibility index (Phi) is 4.10. The summed E-state index contributed by atoms with van der Waals surface area (Å²) in [5.74, 6) is -0.164. The second-order valence-corrected chi connectivity index (χ2v) is 4.43. The number of ether oxygens (including phenoxy) is 1. The molecular formula is C15H15FO4. The molecule has 0 heterocycles. The number of aliphatic hydroxyl groups excluding tert-OH is 1. The second-order valence-electron chi connectivity index (χ2n) is 4.43. The Morgan fingerprint density at radius 3 is 2.40 bits per heavy atom. The summed E-state index contributed by atoms with van der Waals surface area (Å²) in [6.07, 6.45) is -1.06. The van der Waals surface area contributed by atoms with Crippen LogP contribution in [0.2, 0.25) is 0 Å². The monoisotopic (exact) mass is 278 g/mol. The molecule has 0 fully saturated rings. The van der Waals surface area contributed by atoms with E-state index in [1.165, 1.54) is 36.4 Å². The standard InChI is InChI=1S/C15H15FO4/c1-9-13(17)7-6-12(15(9)19)14(18)8-20-11-4-2-10(16)3-5-11/h2-7,14,17-19H,8H2,1H3. The van der Waals surface area contributed by atoms with Crippen LogP contribution in [0.3, 0.4) is 0 Å². The summed E-state index contributed by atoms with van der Waals surface area (Å²) in [4.78, 5) is 0. The first-order chi connectivity index (χ1) is 9.49. The van der Waals surface area contributed by atoms with E-state index >= 15 is 0 Å². The van der Waals surface area contributed by atoms with Crippen LogP contribution in [0.1, 0.15) is 17.2 Å². The van der Waals surface area contributed by atoms with Crippen molar-refractivity contribution in [3.8, 4) is 17.2 Å². The van der Waals surface area contributed by atoms with E-state index in [1.807, 2.05) is 0 Å². The summed E-state index contributed by atoms with van der Waals surface area (Å²) in [6.45, 7) is 1.45. The van der Waals surface area contributed by atoms with Gasteiger partial charge in [0.15, 0.2) is 0 Å². The van der Waals surface area contributed by atoms with Gasteiger partial charge in [-0.05, 0) is 43.3 Å². The molecule has 106 valence electrons. The second kappa shape index (κ2) is 5.79. The Hall–Kier alpha value is -2.27. The van der Waals surface area contributed by atoms with Crippen LogP contribution in [0.15, 0.2) is 36.4 Å². The number of aliphatic hydroxyl groups is 1. The molecule has 0 aliphatic carbocycles. The summed E-state index contributed by atoms with van der Waals surface area (Å²) >= 11 is 0. The molecule has 3 N–H and O–H groups in total. The van der Waals surface area contributed by atoms with Gasteiger partial charge in [0, 0.05) is 11.1 Å². The molecule has 0 aromatic heterocycles. The van der Waals surface area contributed by atoms with Gasteiger partial charge in [0.25, 0.3) is 0 Å². The average molecular weight is 278 g/mol. The van der Waals surface area contributed by atoms with Crippen molar-refractivity contribution in [1.29, 1.82) is 0 Å². The van der Waals surface area contributed by atoms with E-state index in [9.17, 15) is 19.7 Å². The highest BCUT2D eigenvalue weighted by Gasteiger charge is 2.16. The molecule has 0 saturated heterocycles. The van der Waals surface area contributed by atoms with Gasteiger partial charge in [-0.15, -0.1) is 0 Å². The normalized spacial score (nSPS) is 12.2. The van der Waals surface area contributed by atoms with Crippen molar-refractivity contribution in [2.45, 2.75) is 13.0 Å². The minimum atomic E-state index is -1.06. The van der Waals surface area contributed by atoms with Crippen LogP contribution in [0, 0.1) is 12.7 Å². The quantitative estimate of drug-likeness (QED) is 0.804. The fourth-order valence-electron chi connectivity index (χ4n) is 1.78. The lowest BCUT2D eigenvalue weighted by Gasteiger charge is -2.15. The highest BCUT2D eigenvalue weighted by atomic mass is 19.1. The molecule has 2 aromatic rings. The highest BCUT2D eigenvalue weighted by Crippen LogP contribution is 2.33. The Morgan fingerprint density at radius 1 is 1.10 bits per heavy atom. The number of hydrogen-bond acceptors (Lipinski definition) is 4. The minimum Gasteiger partial charge on any atom is -0.508 e. The van der Waals surface area contributed by atoms with Crippen LogP contribution < -0.4 is 4.74 Å². The molecule has 0 aliphatic rings. The summed E-state index contributed by atoms with van der Waals surface area (Å²) in [5.41, 5.74) is 0.561. The maximum absolute atomic E-state index is 12.7. The fraction of sp³-hybridized carbons (Fsp3) is 0.200. The van der Waals surface area contributed by atoms with Gasteiger partial charge in [-0.1, -0.05) is 0 Å². The van der Waals surface area contributed by atoms with Gasteiger partial charge in [0.05, 0.1) is 0 Å². The molecule has 0 bridgehead atoms. The largest absolute Gasteiger partial charge is 0.508 e. The molecule has 0 spiro atoms. The molecule has 0 aliphatic heterocycles. The van der Waals surface area contributed by atoms with E-state index in [0.717, 1.165) is 0 Å². The van der Waals surface area contributed by atoms with E-state index in [2.05, 4.69) is 0 Å². The van der Waals surface area contributed by atoms with Crippen LogP contribution >= 0.6 is 0 Å². The summed E-state index contributed by atoms with van der Waals surface area (Å²) in [7, 11) is 0. The van der Waals surface area contributed by atoms with Crippen LogP contribution in [-0.2, 0) is 0 Å². The van der Waals surface area contributed by atoms with E-state index in [4.69, 9.17) is 4.74 Å². The van der Waals surface area contributed by atoms with Gasteiger partial charge < -0.3 is 20.1 Å². The van der Waals surface area contributed by atoms with Gasteiger partial charge in [-0.3, -0.25) is 0 Å². The van der Waals surface area contributed by atoms with Gasteiger partial charge >= 0.3 is 0 Å². The van der Waals surface area contributed by atoms with Crippen LogP contribution in [0.25, 0.3) is 0 Å². The lowest BCUT2D eigenvalue weighted by Crippen LogP contribution is -2.10. The number of halogens is 1. The van der Waals surface area contributed by atoms with Gasteiger partial charge in [0.2, 0.25) is 0 Å². The molecule has 5 heteroatoms. The fourth-order valence-corrected chi connectivity index (χ4v) is 1.78. The van der Waals surface area contributed by atoms with E-state index in [1.54, 1.807) is 6.92 Å². The molecule has 1 atom stereocenters. The maximum Gasteiger partial charge on any atom is 0.128 e. The predicted octanol–water partition coefficient (Wildman–Crippen LogP) is 2.66. The predicted molar refractivity (Wildman–Crippen MR) is 71.4 cm³/mol. The lowest BCUT2D eigenvalue weighted by molar-refractivity contribution is 0.105. The lowest BCUT2D eigenvalue weighted by atomic mass is 10.0. The van der Waals surface area contributed by atoms with Crippen molar-refractivity contribution in [3.05, 3.63) is 53.3 Å². The van der Waals surface area contributed by atoms with Crippen LogP contribution in [0.5, 0.6) is 17.2 Å². The van der Waals surface area contributed by atoms with Crippen molar-refractivity contribution in [3.63, 3.8) is 0 Å². The Balaban J connectivity index is 2.07. The third-order valence-electron chi connectivity index (χ3n) is 3.01. The van der Waals surface area contributed by atoms with Gasteiger partial charge in [0.1, 0.15) is 35.8 Å². The number of rotatable bonds is 4. The number of phenols is 2. The SMILES string of the molecule is Cc1c(O)ccc(C(O)COc2ccc(F)cc2)c1O. The minimum absolute atomic E-state index is 0.0436. The zero-order valence-electron chi connectivity index (χ0n) is 10.9. The zero-order valence-corrected chi connectivity index (χ0v) is 10.9. The third-order valence-corrected chi connectivity index (χ3v) is 3.01. The molecular weight excluding hydrogens is 263 g/mol. The first-order valence-electron chi connectivity index (χ1n) is 6.07. The smallest absolute Gasteiger partial charge is 0.128 e. The number of hydrogen-bond donors (Lipinski definition) is 3. The number of phenolic OH excluding ortho intramolecular Hbond substituents is 2. The van der Waals surface area contributed by atoms with Crippen molar-refractivity contribution >= 4 is 0 Å². The van der Waals surface area contributed by atoms with Crippen LogP contribution in [0.4, 0.5) is 4.39 Å². The van der Waals surface area contributed by atoms with E-state index < -0.39 is 6.10 Å². The summed E-state index contributed by atoms with van der Waals surface area (Å²) < 4.78 is 18.0. The highest BCUT2D eigenvalue weighted by molar-refractivity contribution is 5.48. The first-order valence-corrected chi connectivity index (χ1v) is 6.07. The van der Waals surface area contributed by atoms with Crippen molar-refractivity contribution in [1.82, 2.24) is 0 Å². The maximum atomic E-state index is 12.7. The molecule has 0 amide bonds. The number of aromatic hydroxyl groups is 2. The Morgan fingerprint density at radius 2 is 1.75 bits per heavy atom. The molecule has 1 unspecified atom stereocenters. The molecule has 0 radical (unpaired) electrons. The van der Waals surface area contributed by atoms with Gasteiger partial charge in [-0.2, -0.15) is 0 Å².